The van der Waals surface area contributed by atoms with Crippen LogP contribution in [0.15, 0.2) is 42.5 Å². The van der Waals surface area contributed by atoms with Gasteiger partial charge in [0, 0.05) is 5.69 Å². The second-order valence-electron chi connectivity index (χ2n) is 6.99. The van der Waals surface area contributed by atoms with Gasteiger partial charge in [-0.25, -0.2) is 0 Å². The first kappa shape index (κ1) is 18.8. The highest BCUT2D eigenvalue weighted by molar-refractivity contribution is 6.23. The molecule has 0 fully saturated rings. The number of anilines is 1. The van der Waals surface area contributed by atoms with E-state index in [0.717, 1.165) is 28.9 Å². The Balaban J connectivity index is 1.90. The molecule has 0 aliphatic carbocycles. The lowest BCUT2D eigenvalue weighted by Gasteiger charge is -2.25. The molecule has 2 aromatic carbocycles. The Morgan fingerprint density at radius 2 is 1.67 bits per heavy atom. The number of carbonyl (C=O) groups is 3. The van der Waals surface area contributed by atoms with E-state index in [1.165, 1.54) is 0 Å². The summed E-state index contributed by atoms with van der Waals surface area (Å²) in [5.74, 6) is -1.12. The summed E-state index contributed by atoms with van der Waals surface area (Å²) in [7, 11) is 0. The molecule has 1 aliphatic heterocycles. The SMILES string of the molecule is CCCC[C@@H](C(=O)Nc1cc(C)ccc1C)N1C(=O)c2ccccc2C1=O. The molecule has 0 unspecified atom stereocenters. The number of fused-ring (bicyclic) bond motifs is 1. The summed E-state index contributed by atoms with van der Waals surface area (Å²) in [6.07, 6.45) is 2.06. The van der Waals surface area contributed by atoms with Crippen LogP contribution < -0.4 is 5.32 Å². The summed E-state index contributed by atoms with van der Waals surface area (Å²) in [6.45, 7) is 5.88. The van der Waals surface area contributed by atoms with Crippen molar-refractivity contribution in [2.24, 2.45) is 0 Å². The van der Waals surface area contributed by atoms with Crippen molar-refractivity contribution in [3.8, 4) is 0 Å². The van der Waals surface area contributed by atoms with Gasteiger partial charge in [-0.3, -0.25) is 19.3 Å². The van der Waals surface area contributed by atoms with Crippen molar-refractivity contribution in [3.05, 3.63) is 64.7 Å². The van der Waals surface area contributed by atoms with Gasteiger partial charge >= 0.3 is 0 Å². The minimum Gasteiger partial charge on any atom is -0.324 e. The Bertz CT molecular complexity index is 869. The molecule has 1 N–H and O–H groups in total. The lowest BCUT2D eigenvalue weighted by atomic mass is 10.1. The fourth-order valence-corrected chi connectivity index (χ4v) is 3.35. The van der Waals surface area contributed by atoms with Gasteiger partial charge in [0.25, 0.3) is 11.8 Å². The molecule has 140 valence electrons. The van der Waals surface area contributed by atoms with Crippen molar-refractivity contribution < 1.29 is 14.4 Å². The Morgan fingerprint density at radius 3 is 2.26 bits per heavy atom. The van der Waals surface area contributed by atoms with Gasteiger partial charge in [-0.05, 0) is 49.6 Å². The molecule has 0 saturated heterocycles. The zero-order valence-corrected chi connectivity index (χ0v) is 15.9. The van der Waals surface area contributed by atoms with Crippen LogP contribution in [0.5, 0.6) is 0 Å². The van der Waals surface area contributed by atoms with Crippen molar-refractivity contribution in [1.82, 2.24) is 4.90 Å². The van der Waals surface area contributed by atoms with Crippen molar-refractivity contribution in [3.63, 3.8) is 0 Å². The number of nitrogens with zero attached hydrogens (tertiary/aromatic N) is 1. The molecule has 5 heteroatoms. The van der Waals surface area contributed by atoms with Gasteiger partial charge in [0.1, 0.15) is 6.04 Å². The normalized spacial score (nSPS) is 14.3. The number of nitrogens with one attached hydrogen (secondary N) is 1. The molecule has 2 aromatic rings. The van der Waals surface area contributed by atoms with Crippen LogP contribution in [0.4, 0.5) is 5.69 Å². The predicted octanol–water partition coefficient (Wildman–Crippen LogP) is 4.10. The van der Waals surface area contributed by atoms with Crippen LogP contribution in [0.25, 0.3) is 0 Å². The van der Waals surface area contributed by atoms with E-state index in [9.17, 15) is 14.4 Å². The molecule has 5 nitrogen and oxygen atoms in total. The van der Waals surface area contributed by atoms with Crippen molar-refractivity contribution in [2.45, 2.75) is 46.1 Å². The summed E-state index contributed by atoms with van der Waals surface area (Å²) < 4.78 is 0. The molecule has 0 spiro atoms. The monoisotopic (exact) mass is 364 g/mol. The number of rotatable bonds is 6. The van der Waals surface area contributed by atoms with E-state index < -0.39 is 17.9 Å². The summed E-state index contributed by atoms with van der Waals surface area (Å²) >= 11 is 0. The van der Waals surface area contributed by atoms with Gasteiger partial charge in [0.15, 0.2) is 0 Å². The van der Waals surface area contributed by atoms with Gasteiger partial charge in [-0.2, -0.15) is 0 Å². The van der Waals surface area contributed by atoms with E-state index in [0.29, 0.717) is 23.2 Å². The van der Waals surface area contributed by atoms with Crippen molar-refractivity contribution >= 4 is 23.4 Å². The number of carbonyl (C=O) groups excluding carboxylic acids is 3. The first-order valence-corrected chi connectivity index (χ1v) is 9.29. The summed E-state index contributed by atoms with van der Waals surface area (Å²) in [4.78, 5) is 39.8. The topological polar surface area (TPSA) is 66.5 Å². The Kier molecular flexibility index (Phi) is 5.40. The van der Waals surface area contributed by atoms with Crippen LogP contribution in [-0.4, -0.2) is 28.7 Å². The molecular weight excluding hydrogens is 340 g/mol. The largest absolute Gasteiger partial charge is 0.324 e. The summed E-state index contributed by atoms with van der Waals surface area (Å²) in [6, 6.07) is 11.7. The highest BCUT2D eigenvalue weighted by atomic mass is 16.2. The first-order chi connectivity index (χ1) is 12.9. The first-order valence-electron chi connectivity index (χ1n) is 9.29. The molecule has 0 bridgehead atoms. The van der Waals surface area contributed by atoms with Gasteiger partial charge in [0.05, 0.1) is 11.1 Å². The number of amides is 3. The minimum atomic E-state index is -0.822. The van der Waals surface area contributed by atoms with Gasteiger partial charge in [-0.1, -0.05) is 44.0 Å². The maximum Gasteiger partial charge on any atom is 0.262 e. The Labute approximate surface area is 159 Å². The summed E-state index contributed by atoms with van der Waals surface area (Å²) in [5, 5.41) is 2.92. The van der Waals surface area contributed by atoms with Crippen LogP contribution >= 0.6 is 0 Å². The fourth-order valence-electron chi connectivity index (χ4n) is 3.35. The second kappa shape index (κ2) is 7.74. The number of imide groups is 1. The smallest absolute Gasteiger partial charge is 0.262 e. The number of hydrogen-bond acceptors (Lipinski definition) is 3. The average Bonchev–Trinajstić information content (AvgIpc) is 2.90. The van der Waals surface area contributed by atoms with Gasteiger partial charge in [0.2, 0.25) is 5.91 Å². The highest BCUT2D eigenvalue weighted by Gasteiger charge is 2.42. The third kappa shape index (κ3) is 3.63. The second-order valence-corrected chi connectivity index (χ2v) is 6.99. The summed E-state index contributed by atoms with van der Waals surface area (Å²) in [5.41, 5.74) is 3.40. The quantitative estimate of drug-likeness (QED) is 0.785. The average molecular weight is 364 g/mol. The van der Waals surface area contributed by atoms with Crippen LogP contribution in [0.1, 0.15) is 58.0 Å². The van der Waals surface area contributed by atoms with E-state index >= 15 is 0 Å². The van der Waals surface area contributed by atoms with E-state index in [1.54, 1.807) is 24.3 Å². The molecule has 3 rings (SSSR count). The van der Waals surface area contributed by atoms with Crippen LogP contribution in [0.3, 0.4) is 0 Å². The molecule has 3 amide bonds. The minimum absolute atomic E-state index is 0.327. The van der Waals surface area contributed by atoms with Gasteiger partial charge < -0.3 is 5.32 Å². The number of unbranched alkanes of at least 4 members (excludes halogenated alkanes) is 1. The van der Waals surface area contributed by atoms with Crippen LogP contribution in [-0.2, 0) is 4.79 Å². The molecule has 27 heavy (non-hydrogen) atoms. The number of benzene rings is 2. The third-order valence-electron chi connectivity index (χ3n) is 4.92. The predicted molar refractivity (Wildman–Crippen MR) is 105 cm³/mol. The molecule has 0 radical (unpaired) electrons. The molecule has 1 aliphatic rings. The maximum atomic E-state index is 13.1. The molecule has 0 aromatic heterocycles. The van der Waals surface area contributed by atoms with E-state index in [4.69, 9.17) is 0 Å². The van der Waals surface area contributed by atoms with E-state index in [-0.39, 0.29) is 5.91 Å². The molecule has 0 saturated carbocycles. The third-order valence-corrected chi connectivity index (χ3v) is 4.92. The van der Waals surface area contributed by atoms with Crippen LogP contribution in [0, 0.1) is 13.8 Å². The van der Waals surface area contributed by atoms with E-state index in [1.807, 2.05) is 39.0 Å². The molecule has 1 atom stereocenters. The standard InChI is InChI=1S/C22H24N2O3/c1-4-5-10-19(20(25)23-18-13-14(2)11-12-15(18)3)24-21(26)16-8-6-7-9-17(16)22(24)27/h6-9,11-13,19H,4-5,10H2,1-3H3,(H,23,25)/t19-/m0/s1. The zero-order chi connectivity index (χ0) is 19.6. The van der Waals surface area contributed by atoms with Gasteiger partial charge in [-0.15, -0.1) is 0 Å². The number of hydrogen-bond donors (Lipinski definition) is 1. The Hall–Kier alpha value is -2.95. The fraction of sp³-hybridized carbons (Fsp3) is 0.318. The van der Waals surface area contributed by atoms with Crippen LogP contribution in [0.2, 0.25) is 0 Å². The molecular formula is C22H24N2O3. The lowest BCUT2D eigenvalue weighted by molar-refractivity contribution is -0.120. The zero-order valence-electron chi connectivity index (χ0n) is 15.9. The Morgan fingerprint density at radius 1 is 1.04 bits per heavy atom. The molecule has 1 heterocycles. The lowest BCUT2D eigenvalue weighted by Crippen LogP contribution is -2.47. The maximum absolute atomic E-state index is 13.1. The van der Waals surface area contributed by atoms with Crippen molar-refractivity contribution in [1.29, 1.82) is 0 Å². The van der Waals surface area contributed by atoms with E-state index in [2.05, 4.69) is 5.32 Å². The highest BCUT2D eigenvalue weighted by Crippen LogP contribution is 2.27. The number of aryl methyl sites for hydroxylation is 2. The van der Waals surface area contributed by atoms with Crippen molar-refractivity contribution in [2.75, 3.05) is 5.32 Å².